The standard InChI is InChI=1S/C12H15N3/c13-7-3-9-15(12-5-6-12)10-11-4-1-2-8-14-11/h1-2,4,8,12H,3,5-6,9-10H2. The first-order valence-corrected chi connectivity index (χ1v) is 5.41. The van der Waals surface area contributed by atoms with Crippen LogP contribution in [0.2, 0.25) is 0 Å². The van der Waals surface area contributed by atoms with Gasteiger partial charge in [0.1, 0.15) is 0 Å². The minimum atomic E-state index is 0.614. The van der Waals surface area contributed by atoms with E-state index in [9.17, 15) is 0 Å². The van der Waals surface area contributed by atoms with E-state index in [0.29, 0.717) is 12.5 Å². The lowest BCUT2D eigenvalue weighted by molar-refractivity contribution is 0.258. The van der Waals surface area contributed by atoms with Crippen LogP contribution in [0.15, 0.2) is 24.4 Å². The van der Waals surface area contributed by atoms with Gasteiger partial charge in [0.2, 0.25) is 0 Å². The molecule has 3 nitrogen and oxygen atoms in total. The largest absolute Gasteiger partial charge is 0.294 e. The number of hydrogen-bond donors (Lipinski definition) is 0. The molecule has 15 heavy (non-hydrogen) atoms. The second-order valence-corrected chi connectivity index (χ2v) is 3.93. The van der Waals surface area contributed by atoms with Gasteiger partial charge in [-0.2, -0.15) is 5.26 Å². The van der Waals surface area contributed by atoms with Crippen molar-refractivity contribution in [3.8, 4) is 6.07 Å². The highest BCUT2D eigenvalue weighted by Gasteiger charge is 2.28. The third-order valence-corrected chi connectivity index (χ3v) is 2.67. The Labute approximate surface area is 90.4 Å². The summed E-state index contributed by atoms with van der Waals surface area (Å²) in [5.41, 5.74) is 1.10. The molecule has 1 aromatic heterocycles. The highest BCUT2D eigenvalue weighted by Crippen LogP contribution is 2.27. The maximum atomic E-state index is 8.59. The summed E-state index contributed by atoms with van der Waals surface area (Å²) >= 11 is 0. The van der Waals surface area contributed by atoms with Gasteiger partial charge < -0.3 is 0 Å². The van der Waals surface area contributed by atoms with Gasteiger partial charge in [-0.25, -0.2) is 0 Å². The Morgan fingerprint density at radius 3 is 2.93 bits per heavy atom. The third kappa shape index (κ3) is 3.03. The SMILES string of the molecule is N#CCCN(Cc1ccccn1)C1CC1. The first kappa shape index (κ1) is 10.1. The van der Waals surface area contributed by atoms with Gasteiger partial charge in [-0.05, 0) is 25.0 Å². The Hall–Kier alpha value is -1.40. The van der Waals surface area contributed by atoms with E-state index < -0.39 is 0 Å². The molecule has 2 rings (SSSR count). The van der Waals surface area contributed by atoms with Gasteiger partial charge in [-0.3, -0.25) is 9.88 Å². The van der Waals surface area contributed by atoms with E-state index in [1.165, 1.54) is 12.8 Å². The molecule has 0 aromatic carbocycles. The van der Waals surface area contributed by atoms with E-state index >= 15 is 0 Å². The Morgan fingerprint density at radius 2 is 2.33 bits per heavy atom. The fourth-order valence-corrected chi connectivity index (χ4v) is 1.72. The predicted octanol–water partition coefficient (Wildman–Crippen LogP) is 1.96. The average molecular weight is 201 g/mol. The molecule has 0 unspecified atom stereocenters. The molecule has 0 aliphatic heterocycles. The summed E-state index contributed by atoms with van der Waals surface area (Å²) in [5, 5.41) is 8.59. The molecule has 1 aliphatic rings. The Morgan fingerprint density at radius 1 is 1.47 bits per heavy atom. The van der Waals surface area contributed by atoms with Crippen molar-refractivity contribution in [2.24, 2.45) is 0 Å². The summed E-state index contributed by atoms with van der Waals surface area (Å²) in [4.78, 5) is 6.68. The second kappa shape index (κ2) is 4.90. The van der Waals surface area contributed by atoms with Crippen molar-refractivity contribution in [1.82, 2.24) is 9.88 Å². The second-order valence-electron chi connectivity index (χ2n) is 3.93. The highest BCUT2D eigenvalue weighted by molar-refractivity contribution is 5.04. The molecule has 3 heteroatoms. The summed E-state index contributed by atoms with van der Waals surface area (Å²) in [5.74, 6) is 0. The van der Waals surface area contributed by atoms with Crippen LogP contribution in [0.1, 0.15) is 25.0 Å². The zero-order valence-electron chi connectivity index (χ0n) is 8.76. The van der Waals surface area contributed by atoms with E-state index in [1.54, 1.807) is 0 Å². The van der Waals surface area contributed by atoms with E-state index in [4.69, 9.17) is 5.26 Å². The summed E-state index contributed by atoms with van der Waals surface area (Å²) in [7, 11) is 0. The van der Waals surface area contributed by atoms with Crippen molar-refractivity contribution in [2.75, 3.05) is 6.54 Å². The van der Waals surface area contributed by atoms with Crippen LogP contribution in [-0.2, 0) is 6.54 Å². The molecule has 0 saturated heterocycles. The molecule has 1 heterocycles. The van der Waals surface area contributed by atoms with E-state index in [0.717, 1.165) is 18.8 Å². The van der Waals surface area contributed by atoms with Crippen molar-refractivity contribution < 1.29 is 0 Å². The van der Waals surface area contributed by atoms with Gasteiger partial charge in [0.05, 0.1) is 11.8 Å². The Bertz CT molecular complexity index is 338. The number of pyridine rings is 1. The van der Waals surface area contributed by atoms with Gasteiger partial charge in [-0.15, -0.1) is 0 Å². The molecule has 1 aromatic rings. The molecule has 0 atom stereocenters. The van der Waals surface area contributed by atoms with Crippen LogP contribution in [-0.4, -0.2) is 22.5 Å². The van der Waals surface area contributed by atoms with Gasteiger partial charge in [0.25, 0.3) is 0 Å². The maximum absolute atomic E-state index is 8.59. The van der Waals surface area contributed by atoms with Gasteiger partial charge in [0, 0.05) is 31.7 Å². The normalized spacial score (nSPS) is 15.2. The molecule has 0 amide bonds. The zero-order valence-corrected chi connectivity index (χ0v) is 8.76. The molecule has 0 N–H and O–H groups in total. The smallest absolute Gasteiger partial charge is 0.0635 e. The number of hydrogen-bond acceptors (Lipinski definition) is 3. The lowest BCUT2D eigenvalue weighted by atomic mass is 10.3. The minimum Gasteiger partial charge on any atom is -0.294 e. The summed E-state index contributed by atoms with van der Waals surface area (Å²) < 4.78 is 0. The zero-order chi connectivity index (χ0) is 10.5. The fourth-order valence-electron chi connectivity index (χ4n) is 1.72. The van der Waals surface area contributed by atoms with Crippen molar-refractivity contribution in [1.29, 1.82) is 5.26 Å². The predicted molar refractivity (Wildman–Crippen MR) is 57.9 cm³/mol. The number of nitriles is 1. The number of aromatic nitrogens is 1. The van der Waals surface area contributed by atoms with Crippen LogP contribution in [0.25, 0.3) is 0 Å². The van der Waals surface area contributed by atoms with Gasteiger partial charge in [0.15, 0.2) is 0 Å². The number of nitrogens with zero attached hydrogens (tertiary/aromatic N) is 3. The average Bonchev–Trinajstić information content (AvgIpc) is 3.09. The maximum Gasteiger partial charge on any atom is 0.0635 e. The first-order chi connectivity index (χ1) is 7.40. The fraction of sp³-hybridized carbons (Fsp3) is 0.500. The minimum absolute atomic E-state index is 0.614. The molecule has 1 fully saturated rings. The topological polar surface area (TPSA) is 39.9 Å². The lowest BCUT2D eigenvalue weighted by Gasteiger charge is -2.19. The van der Waals surface area contributed by atoms with Crippen molar-refractivity contribution >= 4 is 0 Å². The van der Waals surface area contributed by atoms with Gasteiger partial charge in [-0.1, -0.05) is 6.07 Å². The molecular formula is C12H15N3. The van der Waals surface area contributed by atoms with Crippen LogP contribution >= 0.6 is 0 Å². The van der Waals surface area contributed by atoms with E-state index in [-0.39, 0.29) is 0 Å². The van der Waals surface area contributed by atoms with Crippen LogP contribution in [0, 0.1) is 11.3 Å². The van der Waals surface area contributed by atoms with Crippen molar-refractivity contribution in [2.45, 2.75) is 31.8 Å². The third-order valence-electron chi connectivity index (χ3n) is 2.67. The molecule has 0 bridgehead atoms. The summed E-state index contributed by atoms with van der Waals surface area (Å²) in [6.07, 6.45) is 4.99. The van der Waals surface area contributed by atoms with Crippen LogP contribution in [0.5, 0.6) is 0 Å². The molecule has 0 radical (unpaired) electrons. The van der Waals surface area contributed by atoms with Crippen LogP contribution < -0.4 is 0 Å². The van der Waals surface area contributed by atoms with E-state index in [2.05, 4.69) is 16.0 Å². The molecule has 1 aliphatic carbocycles. The molecule has 78 valence electrons. The lowest BCUT2D eigenvalue weighted by Crippen LogP contribution is -2.26. The molecule has 0 spiro atoms. The Kier molecular flexibility index (Phi) is 3.31. The van der Waals surface area contributed by atoms with Crippen LogP contribution in [0.4, 0.5) is 0 Å². The first-order valence-electron chi connectivity index (χ1n) is 5.41. The Balaban J connectivity index is 1.92. The van der Waals surface area contributed by atoms with Crippen molar-refractivity contribution in [3.05, 3.63) is 30.1 Å². The van der Waals surface area contributed by atoms with Crippen molar-refractivity contribution in [3.63, 3.8) is 0 Å². The highest BCUT2D eigenvalue weighted by atomic mass is 15.2. The van der Waals surface area contributed by atoms with E-state index in [1.807, 2.05) is 24.4 Å². The summed E-state index contributed by atoms with van der Waals surface area (Å²) in [6.45, 7) is 1.75. The summed E-state index contributed by atoms with van der Waals surface area (Å²) in [6, 6.07) is 8.89. The van der Waals surface area contributed by atoms with Crippen LogP contribution in [0.3, 0.4) is 0 Å². The molecule has 1 saturated carbocycles. The number of rotatable bonds is 5. The monoisotopic (exact) mass is 201 g/mol. The van der Waals surface area contributed by atoms with Gasteiger partial charge >= 0.3 is 0 Å². The molecular weight excluding hydrogens is 186 g/mol. The quantitative estimate of drug-likeness (QED) is 0.731.